The van der Waals surface area contributed by atoms with Crippen LogP contribution in [-0.4, -0.2) is 19.5 Å². The van der Waals surface area contributed by atoms with Crippen LogP contribution >= 0.6 is 0 Å². The minimum absolute atomic E-state index is 0.0734. The van der Waals surface area contributed by atoms with Crippen molar-refractivity contribution in [3.05, 3.63) is 39.2 Å². The van der Waals surface area contributed by atoms with Gasteiger partial charge in [0, 0.05) is 13.2 Å². The molecule has 0 spiro atoms. The first-order chi connectivity index (χ1) is 6.63. The van der Waals surface area contributed by atoms with Crippen molar-refractivity contribution in [1.82, 2.24) is 14.3 Å². The Balaban J connectivity index is 3.19. The average Bonchev–Trinajstić information content (AvgIpc) is 2.23. The third kappa shape index (κ3) is 0.936. The molecule has 0 aliphatic carbocycles. The van der Waals surface area contributed by atoms with E-state index in [0.717, 1.165) is 4.57 Å². The molecule has 6 nitrogen and oxygen atoms in total. The standard InChI is InChI=1S/C8H7N3O3/c1-10-6-5(3-2-4-9-6)7(12)11(14)8(10)13/h2-4,14H,1H3. The zero-order chi connectivity index (χ0) is 10.3. The van der Waals surface area contributed by atoms with Gasteiger partial charge < -0.3 is 5.21 Å². The van der Waals surface area contributed by atoms with E-state index < -0.39 is 11.2 Å². The van der Waals surface area contributed by atoms with Crippen LogP contribution in [0.1, 0.15) is 0 Å². The molecule has 0 saturated heterocycles. The number of nitrogens with zero attached hydrogens (tertiary/aromatic N) is 3. The highest BCUT2D eigenvalue weighted by Crippen LogP contribution is 2.00. The zero-order valence-electron chi connectivity index (χ0n) is 7.34. The van der Waals surface area contributed by atoms with Gasteiger partial charge in [-0.3, -0.25) is 9.36 Å². The lowest BCUT2D eigenvalue weighted by molar-refractivity contribution is 0.158. The van der Waals surface area contributed by atoms with Crippen molar-refractivity contribution in [3.8, 4) is 0 Å². The number of pyridine rings is 1. The summed E-state index contributed by atoms with van der Waals surface area (Å²) in [6, 6.07) is 3.06. The maximum absolute atomic E-state index is 11.4. The predicted octanol–water partition coefficient (Wildman–Crippen LogP) is -0.668. The van der Waals surface area contributed by atoms with Crippen LogP contribution < -0.4 is 11.2 Å². The third-order valence-electron chi connectivity index (χ3n) is 2.00. The van der Waals surface area contributed by atoms with Crippen LogP contribution in [0.2, 0.25) is 0 Å². The highest BCUT2D eigenvalue weighted by molar-refractivity contribution is 5.73. The normalized spacial score (nSPS) is 10.6. The van der Waals surface area contributed by atoms with Crippen molar-refractivity contribution in [3.63, 3.8) is 0 Å². The summed E-state index contributed by atoms with van der Waals surface area (Å²) in [6.07, 6.45) is 1.48. The fourth-order valence-electron chi connectivity index (χ4n) is 1.26. The molecule has 0 saturated carbocycles. The van der Waals surface area contributed by atoms with Crippen LogP contribution in [0, 0.1) is 0 Å². The lowest BCUT2D eigenvalue weighted by Gasteiger charge is -2.03. The summed E-state index contributed by atoms with van der Waals surface area (Å²) in [5, 5.41) is 9.33. The van der Waals surface area contributed by atoms with Crippen molar-refractivity contribution in [2.75, 3.05) is 0 Å². The lowest BCUT2D eigenvalue weighted by atomic mass is 10.3. The Hall–Kier alpha value is -2.11. The van der Waals surface area contributed by atoms with Crippen molar-refractivity contribution in [2.24, 2.45) is 7.05 Å². The smallest absolute Gasteiger partial charge is 0.365 e. The van der Waals surface area contributed by atoms with Gasteiger partial charge in [0.1, 0.15) is 5.65 Å². The van der Waals surface area contributed by atoms with E-state index >= 15 is 0 Å². The molecule has 0 aliphatic rings. The second-order valence-electron chi connectivity index (χ2n) is 2.83. The minimum atomic E-state index is -0.804. The molecule has 2 aromatic heterocycles. The van der Waals surface area contributed by atoms with E-state index in [1.54, 1.807) is 6.07 Å². The van der Waals surface area contributed by atoms with Gasteiger partial charge in [-0.1, -0.05) is 4.73 Å². The number of rotatable bonds is 0. The van der Waals surface area contributed by atoms with E-state index in [1.165, 1.54) is 19.3 Å². The van der Waals surface area contributed by atoms with Gasteiger partial charge in [0.2, 0.25) is 0 Å². The summed E-state index contributed by atoms with van der Waals surface area (Å²) in [4.78, 5) is 26.5. The second-order valence-corrected chi connectivity index (χ2v) is 2.83. The summed E-state index contributed by atoms with van der Waals surface area (Å²) >= 11 is 0. The molecule has 0 aliphatic heterocycles. The fraction of sp³-hybridized carbons (Fsp3) is 0.125. The third-order valence-corrected chi connectivity index (χ3v) is 2.00. The maximum Gasteiger partial charge on any atom is 0.365 e. The first kappa shape index (κ1) is 8.49. The minimum Gasteiger partial charge on any atom is -0.421 e. The Labute approximate surface area is 77.6 Å². The van der Waals surface area contributed by atoms with E-state index in [1.807, 2.05) is 0 Å². The molecule has 0 radical (unpaired) electrons. The number of fused-ring (bicyclic) bond motifs is 1. The van der Waals surface area contributed by atoms with Gasteiger partial charge in [-0.2, -0.15) is 0 Å². The molecule has 2 heterocycles. The van der Waals surface area contributed by atoms with E-state index in [-0.39, 0.29) is 15.8 Å². The van der Waals surface area contributed by atoms with Crippen LogP contribution in [0.5, 0.6) is 0 Å². The SMILES string of the molecule is Cn1c(=O)n(O)c(=O)c2cccnc21. The Morgan fingerprint density at radius 3 is 2.86 bits per heavy atom. The number of hydrogen-bond acceptors (Lipinski definition) is 4. The van der Waals surface area contributed by atoms with E-state index in [0.29, 0.717) is 0 Å². The van der Waals surface area contributed by atoms with Crippen LogP contribution in [0.4, 0.5) is 0 Å². The van der Waals surface area contributed by atoms with Crippen molar-refractivity contribution >= 4 is 11.0 Å². The molecular formula is C8H7N3O3. The molecule has 1 N–H and O–H groups in total. The monoisotopic (exact) mass is 193 g/mol. The second kappa shape index (κ2) is 2.69. The predicted molar refractivity (Wildman–Crippen MR) is 48.4 cm³/mol. The van der Waals surface area contributed by atoms with Gasteiger partial charge in [-0.15, -0.1) is 0 Å². The highest BCUT2D eigenvalue weighted by atomic mass is 16.5. The summed E-state index contributed by atoms with van der Waals surface area (Å²) in [6.45, 7) is 0. The Morgan fingerprint density at radius 1 is 1.43 bits per heavy atom. The maximum atomic E-state index is 11.4. The van der Waals surface area contributed by atoms with Gasteiger partial charge in [0.15, 0.2) is 0 Å². The van der Waals surface area contributed by atoms with Crippen molar-refractivity contribution < 1.29 is 5.21 Å². The molecule has 2 aromatic rings. The molecule has 2 rings (SSSR count). The van der Waals surface area contributed by atoms with Crippen LogP contribution in [-0.2, 0) is 7.05 Å². The first-order valence-corrected chi connectivity index (χ1v) is 3.89. The summed E-state index contributed by atoms with van der Waals surface area (Å²) in [5.41, 5.74) is -1.30. The molecular weight excluding hydrogens is 186 g/mol. The van der Waals surface area contributed by atoms with Crippen molar-refractivity contribution in [1.29, 1.82) is 0 Å². The largest absolute Gasteiger partial charge is 0.421 e. The molecule has 0 bridgehead atoms. The molecule has 0 fully saturated rings. The summed E-state index contributed by atoms with van der Waals surface area (Å²) < 4.78 is 1.18. The fourth-order valence-corrected chi connectivity index (χ4v) is 1.26. The molecule has 0 aromatic carbocycles. The Morgan fingerprint density at radius 2 is 2.14 bits per heavy atom. The first-order valence-electron chi connectivity index (χ1n) is 3.89. The molecule has 6 heteroatoms. The number of aryl methyl sites for hydroxylation is 1. The Bertz CT molecular complexity index is 611. The summed E-state index contributed by atoms with van der Waals surface area (Å²) in [5.74, 6) is 0. The molecule has 72 valence electrons. The number of aromatic nitrogens is 3. The molecule has 0 unspecified atom stereocenters. The van der Waals surface area contributed by atoms with Crippen LogP contribution in [0.25, 0.3) is 11.0 Å². The van der Waals surface area contributed by atoms with Gasteiger partial charge in [-0.25, -0.2) is 9.78 Å². The molecule has 0 amide bonds. The average molecular weight is 193 g/mol. The topological polar surface area (TPSA) is 77.1 Å². The quantitative estimate of drug-likeness (QED) is 0.563. The van der Waals surface area contributed by atoms with E-state index in [9.17, 15) is 9.59 Å². The zero-order valence-corrected chi connectivity index (χ0v) is 7.34. The van der Waals surface area contributed by atoms with E-state index in [2.05, 4.69) is 4.98 Å². The van der Waals surface area contributed by atoms with E-state index in [4.69, 9.17) is 5.21 Å². The van der Waals surface area contributed by atoms with Gasteiger partial charge >= 0.3 is 5.69 Å². The Kier molecular flexibility index (Phi) is 1.63. The molecule has 0 atom stereocenters. The van der Waals surface area contributed by atoms with Crippen LogP contribution in [0.3, 0.4) is 0 Å². The highest BCUT2D eigenvalue weighted by Gasteiger charge is 2.09. The van der Waals surface area contributed by atoms with Gasteiger partial charge in [-0.05, 0) is 12.1 Å². The molecule has 14 heavy (non-hydrogen) atoms. The number of hydrogen-bond donors (Lipinski definition) is 1. The van der Waals surface area contributed by atoms with Gasteiger partial charge in [0.05, 0.1) is 5.39 Å². The van der Waals surface area contributed by atoms with Crippen LogP contribution in [0.15, 0.2) is 27.9 Å². The summed E-state index contributed by atoms with van der Waals surface area (Å²) in [7, 11) is 1.43. The lowest BCUT2D eigenvalue weighted by Crippen LogP contribution is -2.37. The van der Waals surface area contributed by atoms with Gasteiger partial charge in [0.25, 0.3) is 5.56 Å². The van der Waals surface area contributed by atoms with Crippen molar-refractivity contribution in [2.45, 2.75) is 0 Å².